The molecule has 0 spiro atoms. The summed E-state index contributed by atoms with van der Waals surface area (Å²) in [6, 6.07) is 5.51. The summed E-state index contributed by atoms with van der Waals surface area (Å²) < 4.78 is 4.65. The number of carbonyl (C=O) groups is 2. The van der Waals surface area contributed by atoms with Crippen LogP contribution in [0.4, 0.5) is 16.2 Å². The van der Waals surface area contributed by atoms with Crippen molar-refractivity contribution in [2.24, 2.45) is 0 Å². The molecule has 2 rings (SSSR count). The Hall–Kier alpha value is -2.44. The normalized spacial score (nSPS) is 14.9. The molecule has 0 unspecified atom stereocenters. The first-order valence-corrected chi connectivity index (χ1v) is 6.69. The molecule has 7 nitrogen and oxygen atoms in total. The third-order valence-electron chi connectivity index (χ3n) is 3.60. The number of nitrogens with zero attached hydrogens (tertiary/aromatic N) is 2. The molecule has 1 amide bonds. The fourth-order valence-corrected chi connectivity index (χ4v) is 2.33. The van der Waals surface area contributed by atoms with Gasteiger partial charge >= 0.3 is 12.1 Å². The maximum atomic E-state index is 11.4. The SMILES string of the molecule is COC(=O)Cc1cc(N2CCN(C(=O)O)CC2)ccc1N. The monoisotopic (exact) mass is 293 g/mol. The van der Waals surface area contributed by atoms with Crippen LogP contribution in [-0.2, 0) is 16.0 Å². The minimum atomic E-state index is -0.890. The Morgan fingerprint density at radius 3 is 2.52 bits per heavy atom. The van der Waals surface area contributed by atoms with E-state index in [1.54, 1.807) is 6.07 Å². The van der Waals surface area contributed by atoms with Gasteiger partial charge in [0, 0.05) is 37.6 Å². The second-order valence-corrected chi connectivity index (χ2v) is 4.89. The van der Waals surface area contributed by atoms with E-state index in [0.717, 1.165) is 11.3 Å². The van der Waals surface area contributed by atoms with E-state index in [0.29, 0.717) is 31.9 Å². The summed E-state index contributed by atoms with van der Waals surface area (Å²) in [5, 5.41) is 8.94. The highest BCUT2D eigenvalue weighted by Crippen LogP contribution is 2.23. The van der Waals surface area contributed by atoms with Gasteiger partial charge in [0.05, 0.1) is 13.5 Å². The van der Waals surface area contributed by atoms with Gasteiger partial charge in [0.2, 0.25) is 0 Å². The highest BCUT2D eigenvalue weighted by Gasteiger charge is 2.21. The Labute approximate surface area is 122 Å². The molecule has 1 aliphatic heterocycles. The van der Waals surface area contributed by atoms with Gasteiger partial charge in [-0.2, -0.15) is 0 Å². The summed E-state index contributed by atoms with van der Waals surface area (Å²) in [4.78, 5) is 25.7. The van der Waals surface area contributed by atoms with Crippen molar-refractivity contribution in [2.45, 2.75) is 6.42 Å². The molecule has 0 bridgehead atoms. The number of ether oxygens (including phenoxy) is 1. The molecule has 21 heavy (non-hydrogen) atoms. The number of anilines is 2. The van der Waals surface area contributed by atoms with E-state index in [1.165, 1.54) is 12.0 Å². The van der Waals surface area contributed by atoms with Gasteiger partial charge in [0.1, 0.15) is 0 Å². The molecule has 1 saturated heterocycles. The number of esters is 1. The van der Waals surface area contributed by atoms with Gasteiger partial charge in [-0.1, -0.05) is 0 Å². The van der Waals surface area contributed by atoms with Crippen molar-refractivity contribution in [2.75, 3.05) is 43.9 Å². The molecular weight excluding hydrogens is 274 g/mol. The van der Waals surface area contributed by atoms with Gasteiger partial charge in [-0.05, 0) is 23.8 Å². The number of rotatable bonds is 3. The molecule has 1 aliphatic rings. The molecule has 1 aromatic rings. The van der Waals surface area contributed by atoms with Gasteiger partial charge in [-0.3, -0.25) is 4.79 Å². The fraction of sp³-hybridized carbons (Fsp3) is 0.429. The van der Waals surface area contributed by atoms with Crippen LogP contribution in [0.1, 0.15) is 5.56 Å². The number of carboxylic acid groups (broad SMARTS) is 1. The van der Waals surface area contributed by atoms with Crippen molar-refractivity contribution in [1.82, 2.24) is 4.90 Å². The standard InChI is InChI=1S/C14H19N3O4/c1-21-13(18)9-10-8-11(2-3-12(10)15)16-4-6-17(7-5-16)14(19)20/h2-3,8H,4-7,9,15H2,1H3,(H,19,20). The van der Waals surface area contributed by atoms with Crippen LogP contribution in [0.3, 0.4) is 0 Å². The van der Waals surface area contributed by atoms with Crippen LogP contribution in [0.5, 0.6) is 0 Å². The molecule has 1 heterocycles. The topological polar surface area (TPSA) is 96.1 Å². The Morgan fingerprint density at radius 1 is 1.29 bits per heavy atom. The number of hydrogen-bond acceptors (Lipinski definition) is 5. The van der Waals surface area contributed by atoms with Crippen molar-refractivity contribution in [3.63, 3.8) is 0 Å². The van der Waals surface area contributed by atoms with Crippen LogP contribution >= 0.6 is 0 Å². The lowest BCUT2D eigenvalue weighted by Crippen LogP contribution is -2.48. The first-order chi connectivity index (χ1) is 10.0. The molecule has 0 saturated carbocycles. The van der Waals surface area contributed by atoms with Crippen LogP contribution in [-0.4, -0.2) is 55.4 Å². The number of nitrogen functional groups attached to an aromatic ring is 1. The first kappa shape index (κ1) is 15.0. The van der Waals surface area contributed by atoms with Crippen LogP contribution in [0.25, 0.3) is 0 Å². The van der Waals surface area contributed by atoms with Crippen molar-refractivity contribution in [1.29, 1.82) is 0 Å². The summed E-state index contributed by atoms with van der Waals surface area (Å²) in [5.41, 5.74) is 8.08. The van der Waals surface area contributed by atoms with Gasteiger partial charge in [-0.15, -0.1) is 0 Å². The lowest BCUT2D eigenvalue weighted by Gasteiger charge is -2.34. The van der Waals surface area contributed by atoms with E-state index in [4.69, 9.17) is 10.8 Å². The van der Waals surface area contributed by atoms with Crippen LogP contribution in [0.2, 0.25) is 0 Å². The van der Waals surface area contributed by atoms with Gasteiger partial charge in [0.15, 0.2) is 0 Å². The number of nitrogens with two attached hydrogens (primary N) is 1. The Morgan fingerprint density at radius 2 is 1.95 bits per heavy atom. The number of benzene rings is 1. The molecule has 0 radical (unpaired) electrons. The minimum Gasteiger partial charge on any atom is -0.469 e. The van der Waals surface area contributed by atoms with E-state index in [1.807, 2.05) is 12.1 Å². The van der Waals surface area contributed by atoms with Crippen LogP contribution < -0.4 is 10.6 Å². The first-order valence-electron chi connectivity index (χ1n) is 6.69. The Bertz CT molecular complexity index is 539. The van der Waals surface area contributed by atoms with E-state index in [2.05, 4.69) is 9.64 Å². The molecule has 0 aliphatic carbocycles. The second-order valence-electron chi connectivity index (χ2n) is 4.89. The molecule has 1 fully saturated rings. The van der Waals surface area contributed by atoms with Crippen molar-refractivity contribution in [3.05, 3.63) is 23.8 Å². The van der Waals surface area contributed by atoms with Crippen molar-refractivity contribution >= 4 is 23.4 Å². The summed E-state index contributed by atoms with van der Waals surface area (Å²) >= 11 is 0. The Kier molecular flexibility index (Phi) is 4.52. The van der Waals surface area contributed by atoms with E-state index < -0.39 is 6.09 Å². The van der Waals surface area contributed by atoms with E-state index in [9.17, 15) is 9.59 Å². The second kappa shape index (κ2) is 6.34. The molecule has 7 heteroatoms. The summed E-state index contributed by atoms with van der Waals surface area (Å²) in [7, 11) is 1.34. The Balaban J connectivity index is 2.09. The lowest BCUT2D eigenvalue weighted by molar-refractivity contribution is -0.139. The van der Waals surface area contributed by atoms with Gasteiger partial charge < -0.3 is 25.4 Å². The molecule has 3 N–H and O–H groups in total. The van der Waals surface area contributed by atoms with Crippen LogP contribution in [0.15, 0.2) is 18.2 Å². The highest BCUT2D eigenvalue weighted by molar-refractivity contribution is 5.76. The average Bonchev–Trinajstić information content (AvgIpc) is 2.49. The van der Waals surface area contributed by atoms with Gasteiger partial charge in [0.25, 0.3) is 0 Å². The number of methoxy groups -OCH3 is 1. The van der Waals surface area contributed by atoms with Crippen molar-refractivity contribution < 1.29 is 19.4 Å². The average molecular weight is 293 g/mol. The molecule has 114 valence electrons. The highest BCUT2D eigenvalue weighted by atomic mass is 16.5. The maximum absolute atomic E-state index is 11.4. The zero-order valence-electron chi connectivity index (χ0n) is 11.9. The maximum Gasteiger partial charge on any atom is 0.407 e. The number of carbonyl (C=O) groups excluding carboxylic acids is 1. The molecule has 1 aromatic carbocycles. The summed E-state index contributed by atoms with van der Waals surface area (Å²) in [6.07, 6.45) is -0.760. The smallest absolute Gasteiger partial charge is 0.407 e. The lowest BCUT2D eigenvalue weighted by atomic mass is 10.1. The summed E-state index contributed by atoms with van der Waals surface area (Å²) in [5.74, 6) is -0.338. The third-order valence-corrected chi connectivity index (χ3v) is 3.60. The predicted octanol–water partition coefficient (Wildman–Crippen LogP) is 0.784. The number of hydrogen-bond donors (Lipinski definition) is 2. The summed E-state index contributed by atoms with van der Waals surface area (Å²) in [6.45, 7) is 2.17. The molecular formula is C14H19N3O4. The third kappa shape index (κ3) is 3.56. The zero-order chi connectivity index (χ0) is 15.4. The zero-order valence-corrected chi connectivity index (χ0v) is 11.9. The van der Waals surface area contributed by atoms with E-state index >= 15 is 0 Å². The molecule has 0 atom stereocenters. The fourth-order valence-electron chi connectivity index (χ4n) is 2.33. The van der Waals surface area contributed by atoms with E-state index in [-0.39, 0.29) is 12.4 Å². The minimum absolute atomic E-state index is 0.130. The number of piperazine rings is 1. The largest absolute Gasteiger partial charge is 0.469 e. The van der Waals surface area contributed by atoms with Gasteiger partial charge in [-0.25, -0.2) is 4.79 Å². The predicted molar refractivity (Wildman–Crippen MR) is 78.4 cm³/mol. The van der Waals surface area contributed by atoms with Crippen LogP contribution in [0, 0.1) is 0 Å². The number of amides is 1. The molecule has 0 aromatic heterocycles. The van der Waals surface area contributed by atoms with Crippen molar-refractivity contribution in [3.8, 4) is 0 Å². The quantitative estimate of drug-likeness (QED) is 0.631.